The predicted octanol–water partition coefficient (Wildman–Crippen LogP) is 0.606. The van der Waals surface area contributed by atoms with Crippen molar-refractivity contribution < 1.29 is 78.6 Å². The second-order valence-corrected chi connectivity index (χ2v) is 27.6. The van der Waals surface area contributed by atoms with Crippen molar-refractivity contribution in [2.75, 3.05) is 51.1 Å². The van der Waals surface area contributed by atoms with Crippen molar-refractivity contribution in [2.45, 2.75) is 162 Å². The quantitative estimate of drug-likeness (QED) is 0.0462. The number of anilines is 1. The molecule has 4 aliphatic carbocycles. The summed E-state index contributed by atoms with van der Waals surface area (Å²) in [6.45, 7) is -2.00. The van der Waals surface area contributed by atoms with Gasteiger partial charge in [-0.1, -0.05) is 84.9 Å². The molecule has 24 nitrogen and oxygen atoms in total. The summed E-state index contributed by atoms with van der Waals surface area (Å²) in [7, 11) is 0. The van der Waals surface area contributed by atoms with Crippen LogP contribution in [-0.4, -0.2) is 185 Å². The van der Waals surface area contributed by atoms with Crippen LogP contribution >= 0.6 is 0 Å². The van der Waals surface area contributed by atoms with Gasteiger partial charge in [0.2, 0.25) is 12.2 Å². The molecule has 0 aromatic heterocycles. The van der Waals surface area contributed by atoms with E-state index in [1.54, 1.807) is 12.1 Å². The Morgan fingerprint density at radius 1 is 0.927 bits per heavy atom. The van der Waals surface area contributed by atoms with Crippen LogP contribution in [0.4, 0.5) is 5.69 Å². The molecule has 3 saturated heterocycles. The number of nitrogens with zero attached hydrogens (tertiary/aromatic N) is 1. The number of para-hydroxylation sites is 1. The van der Waals surface area contributed by atoms with E-state index in [0.29, 0.717) is 46.5 Å². The van der Waals surface area contributed by atoms with Crippen LogP contribution in [0.1, 0.15) is 128 Å². The number of ketones is 2. The van der Waals surface area contributed by atoms with Gasteiger partial charge in [0.1, 0.15) is 55.5 Å². The first-order valence-corrected chi connectivity index (χ1v) is 33.7. The van der Waals surface area contributed by atoms with Gasteiger partial charge in [0.05, 0.1) is 74.3 Å². The number of dihydropyridines is 1. The molecule has 506 valence electrons. The molecule has 15 rings (SSSR count). The van der Waals surface area contributed by atoms with Gasteiger partial charge < -0.3 is 90.8 Å². The van der Waals surface area contributed by atoms with E-state index in [-0.39, 0.29) is 103 Å². The molecule has 4 aromatic carbocycles. The Labute approximate surface area is 554 Å². The van der Waals surface area contributed by atoms with Gasteiger partial charge in [-0.3, -0.25) is 30.8 Å². The lowest BCUT2D eigenvalue weighted by Gasteiger charge is -2.51. The number of carbonyl (C=O) groups excluding carboxylic acids is 4. The molecule has 7 heterocycles. The molecule has 11 aliphatic rings. The maximum Gasteiger partial charge on any atom is 0.242 e. The number of ether oxygens (including phenoxy) is 5. The number of carbonyl (C=O) groups is 4. The zero-order chi connectivity index (χ0) is 66.5. The standard InChI is InChI=1S/C72H82N8O16/c73-66-57-50(16-20-75-66)71-33-94-63-65(89)72(91)19-15-38(23-35-9-11-37(46(24-35)44(18-22-82)64(71)88)26-40(71)27-51(57)77-41-5-1-2-6-41)53(85)14-12-39-30-92-32-54(72)95-69(63)96-61-49(55(39)45-7-3-4-8-52(45)80-34-76-58-67(80)78-70(74)79-68(58)90)28-48-56(62(61)93-31-42(84)17-21-81)60(87)47-25-36(29-83)10-13-43(47)59(48)86/h3-4,7-11,13,16,21,24-25,27-28,38-39,41-42,44,51,53-55,58,63-65,67,69-70,75-78,82-85,88-89,91H,1-2,5-6,12,14,17-18,20,22-23,26,29-34,73-74H2,(H,79,90)/t38-,39+,42-,44-,51-,53+,54+,55-,58+,63+,64+,65+,67+,69-,70+,71-,72+/m1/s1. The molecule has 7 aliphatic heterocycles. The van der Waals surface area contributed by atoms with E-state index in [0.717, 1.165) is 47.9 Å². The van der Waals surface area contributed by atoms with Crippen LogP contribution in [0.25, 0.3) is 0 Å². The second kappa shape index (κ2) is 25.8. The van der Waals surface area contributed by atoms with Gasteiger partial charge in [-0.05, 0) is 109 Å². The summed E-state index contributed by atoms with van der Waals surface area (Å²) in [6, 6.07) is 18.5. The molecule has 1 saturated carbocycles. The summed E-state index contributed by atoms with van der Waals surface area (Å²) in [6.07, 6.45) is -4.06. The molecule has 16 N–H and O–H groups in total. The summed E-state index contributed by atoms with van der Waals surface area (Å²) in [4.78, 5) is 59.0. The fourth-order valence-electron chi connectivity index (χ4n) is 17.3. The van der Waals surface area contributed by atoms with E-state index in [2.05, 4.69) is 44.5 Å². The molecule has 0 radical (unpaired) electrons. The highest BCUT2D eigenvalue weighted by Crippen LogP contribution is 2.58. The molecule has 96 heavy (non-hydrogen) atoms. The van der Waals surface area contributed by atoms with Gasteiger partial charge >= 0.3 is 0 Å². The van der Waals surface area contributed by atoms with Gasteiger partial charge in [-0.2, -0.15) is 0 Å². The SMILES string of the molecule is NC1=C2C(=CCN1)[C@]13CO[C@@H]4[C@H]5Oc6c(cc7c(c6OC[C@H](O)CC=O)C(=O)c6cc(CO)ccc6C7=O)[C@@H](c6ccccc6N6CN[C@@H]7C(=O)N[C@@H](N)N[C@H]76)[C@H]6CC[C@H](O)[C@H](C#C[C@](O)([C@H](COC6)O5)[C@H]4O)Cc4ccc(c(c4)[C@@H](CCO)[C@@H]1O)CC3=C[C@H]2NC1CCCC1. The highest BCUT2D eigenvalue weighted by atomic mass is 16.7. The number of aliphatic hydroxyl groups excluding tert-OH is 6. The molecular weight excluding hydrogens is 1230 g/mol. The lowest BCUT2D eigenvalue weighted by atomic mass is 9.59. The molecule has 9 bridgehead atoms. The Morgan fingerprint density at radius 2 is 1.76 bits per heavy atom. The number of fused-ring (bicyclic) bond motifs is 14. The number of amides is 1. The monoisotopic (exact) mass is 1310 g/mol. The average molecular weight is 1320 g/mol. The first-order valence-electron chi connectivity index (χ1n) is 33.7. The van der Waals surface area contributed by atoms with E-state index >= 15 is 9.59 Å². The zero-order valence-corrected chi connectivity index (χ0v) is 53.0. The van der Waals surface area contributed by atoms with Crippen molar-refractivity contribution in [1.29, 1.82) is 0 Å². The molecule has 4 aromatic rings. The van der Waals surface area contributed by atoms with E-state index < -0.39 is 147 Å². The van der Waals surface area contributed by atoms with Crippen LogP contribution in [0.3, 0.4) is 0 Å². The number of nitrogens with one attached hydrogen (secondary N) is 5. The van der Waals surface area contributed by atoms with Crippen LogP contribution in [0.5, 0.6) is 11.5 Å². The lowest BCUT2D eigenvalue weighted by Crippen LogP contribution is -2.70. The van der Waals surface area contributed by atoms with Gasteiger partial charge in [0.25, 0.3) is 0 Å². The number of aldehydes is 1. The summed E-state index contributed by atoms with van der Waals surface area (Å²) in [5.74, 6) is 0.957. The Bertz CT molecular complexity index is 3960. The van der Waals surface area contributed by atoms with Gasteiger partial charge in [-0.25, -0.2) is 0 Å². The second-order valence-electron chi connectivity index (χ2n) is 27.6. The first kappa shape index (κ1) is 64.6. The van der Waals surface area contributed by atoms with Crippen LogP contribution < -0.4 is 52.4 Å². The third kappa shape index (κ3) is 10.9. The largest absolute Gasteiger partial charge is 0.486 e. The van der Waals surface area contributed by atoms with E-state index in [9.17, 15) is 45.3 Å². The van der Waals surface area contributed by atoms with Crippen molar-refractivity contribution in [3.8, 4) is 23.3 Å². The number of rotatable bonds is 12. The van der Waals surface area contributed by atoms with Gasteiger partial charge in [0, 0.05) is 71.0 Å². The zero-order valence-electron chi connectivity index (χ0n) is 53.0. The maximum absolute atomic E-state index is 15.7. The first-order chi connectivity index (χ1) is 46.5. The van der Waals surface area contributed by atoms with Crippen molar-refractivity contribution in [3.63, 3.8) is 0 Å². The summed E-state index contributed by atoms with van der Waals surface area (Å²) < 4.78 is 35.6. The Kier molecular flexibility index (Phi) is 17.3. The van der Waals surface area contributed by atoms with Crippen LogP contribution in [0.2, 0.25) is 0 Å². The summed E-state index contributed by atoms with van der Waals surface area (Å²) in [5.41, 5.74) is 15.2. The highest BCUT2D eigenvalue weighted by Gasteiger charge is 2.61. The minimum atomic E-state index is -2.58. The molecule has 24 heteroatoms. The minimum Gasteiger partial charge on any atom is -0.486 e. The van der Waals surface area contributed by atoms with Crippen molar-refractivity contribution in [2.24, 2.45) is 28.7 Å². The van der Waals surface area contributed by atoms with Crippen molar-refractivity contribution in [1.82, 2.24) is 26.6 Å². The Morgan fingerprint density at radius 3 is 2.57 bits per heavy atom. The molecule has 1 spiro atoms. The van der Waals surface area contributed by atoms with E-state index in [4.69, 9.17) is 35.2 Å². The fourth-order valence-corrected chi connectivity index (χ4v) is 17.3. The number of hydrogen-bond acceptors (Lipinski definition) is 23. The summed E-state index contributed by atoms with van der Waals surface area (Å²) in [5, 5.41) is 104. The Hall–Kier alpha value is -7.42. The topological polar surface area (TPSA) is 371 Å². The van der Waals surface area contributed by atoms with Crippen LogP contribution in [-0.2, 0) is 43.2 Å². The summed E-state index contributed by atoms with van der Waals surface area (Å²) >= 11 is 0. The average Bonchev–Trinajstić information content (AvgIpc) is 1.25. The number of hydrogen-bond donors (Lipinski definition) is 14. The molecule has 1 amide bonds. The minimum absolute atomic E-state index is 0.0246. The van der Waals surface area contributed by atoms with E-state index in [1.165, 1.54) is 12.1 Å². The van der Waals surface area contributed by atoms with Crippen molar-refractivity contribution >= 4 is 29.4 Å². The van der Waals surface area contributed by atoms with Gasteiger partial charge in [-0.15, -0.1) is 0 Å². The predicted molar refractivity (Wildman–Crippen MR) is 346 cm³/mol. The smallest absolute Gasteiger partial charge is 0.242 e. The molecule has 4 fully saturated rings. The maximum atomic E-state index is 15.7. The third-order valence-electron chi connectivity index (χ3n) is 22.1. The highest BCUT2D eigenvalue weighted by molar-refractivity contribution is 6.29. The lowest BCUT2D eigenvalue weighted by molar-refractivity contribution is -0.311. The number of nitrogens with two attached hydrogens (primary N) is 2. The van der Waals surface area contributed by atoms with Gasteiger partial charge in [0.15, 0.2) is 28.7 Å². The van der Waals surface area contributed by atoms with Crippen molar-refractivity contribution in [3.05, 3.63) is 157 Å². The van der Waals surface area contributed by atoms with Crippen LogP contribution in [0.15, 0.2) is 101 Å². The van der Waals surface area contributed by atoms with Crippen LogP contribution in [0, 0.1) is 29.1 Å². The fraction of sp³-hybridized carbons (Fsp3) is 0.500. The molecular formula is C72H82N8O16. The normalized spacial score (nSPS) is 34.0. The molecule has 17 atom stereocenters. The van der Waals surface area contributed by atoms with E-state index in [1.807, 2.05) is 53.4 Å². The number of aliphatic hydroxyl groups is 7. The Balaban J connectivity index is 0.994. The molecule has 0 unspecified atom stereocenters. The third-order valence-corrected chi connectivity index (χ3v) is 22.1. The number of benzene rings is 4.